The summed E-state index contributed by atoms with van der Waals surface area (Å²) in [6, 6.07) is 0. The largest absolute Gasteiger partial charge is 0.634 e. The van der Waals surface area contributed by atoms with Crippen molar-refractivity contribution in [3.8, 4) is 0 Å². The van der Waals surface area contributed by atoms with Crippen LogP contribution in [0.5, 0.6) is 0 Å². The lowest BCUT2D eigenvalue weighted by atomic mass is 10.1. The van der Waals surface area contributed by atoms with E-state index in [9.17, 15) is 0 Å². The molecular formula is C8H19BO3. The monoisotopic (exact) mass is 174 g/mol. The number of hydrogen-bond donors (Lipinski definition) is 2. The van der Waals surface area contributed by atoms with E-state index in [1.54, 1.807) is 0 Å². The minimum Gasteiger partial charge on any atom is -0.402 e. The number of hydrogen-bond acceptors (Lipinski definition) is 3. The van der Waals surface area contributed by atoms with Gasteiger partial charge in [-0.15, -0.1) is 0 Å². The highest BCUT2D eigenvalue weighted by molar-refractivity contribution is 6.32. The van der Waals surface area contributed by atoms with E-state index in [1.165, 1.54) is 0 Å². The van der Waals surface area contributed by atoms with Crippen LogP contribution in [0.25, 0.3) is 0 Å². The van der Waals surface area contributed by atoms with Crippen LogP contribution in [-0.2, 0) is 4.65 Å². The maximum Gasteiger partial charge on any atom is 0.634 e. The van der Waals surface area contributed by atoms with E-state index >= 15 is 0 Å². The van der Waals surface area contributed by atoms with Gasteiger partial charge >= 0.3 is 7.32 Å². The number of rotatable bonds is 7. The van der Waals surface area contributed by atoms with E-state index in [0.717, 1.165) is 32.1 Å². The Hall–Kier alpha value is -0.0551. The van der Waals surface area contributed by atoms with Crippen LogP contribution in [0.2, 0.25) is 0 Å². The lowest BCUT2D eigenvalue weighted by molar-refractivity contribution is 0.103. The number of unbranched alkanes of at least 4 members (excludes halogenated alkanes) is 1. The van der Waals surface area contributed by atoms with Crippen LogP contribution in [0, 0.1) is 0 Å². The minimum absolute atomic E-state index is 0.00921. The standard InChI is InChI=1S/C8H19BO3/c1-3-5-7-8(6-4-2)12-9(10)11/h8,10-11H,3-7H2,1-2H3. The lowest BCUT2D eigenvalue weighted by Gasteiger charge is -2.16. The average Bonchev–Trinajstić information content (AvgIpc) is 2.00. The molecule has 0 heterocycles. The zero-order valence-electron chi connectivity index (χ0n) is 7.99. The van der Waals surface area contributed by atoms with Gasteiger partial charge in [0.1, 0.15) is 0 Å². The third-order valence-electron chi connectivity index (χ3n) is 1.80. The van der Waals surface area contributed by atoms with Crippen molar-refractivity contribution >= 4 is 7.32 Å². The smallest absolute Gasteiger partial charge is 0.402 e. The molecule has 12 heavy (non-hydrogen) atoms. The van der Waals surface area contributed by atoms with E-state index in [1.807, 2.05) is 0 Å². The van der Waals surface area contributed by atoms with Crippen molar-refractivity contribution in [3.05, 3.63) is 0 Å². The summed E-state index contributed by atoms with van der Waals surface area (Å²) in [7, 11) is -1.61. The van der Waals surface area contributed by atoms with Gasteiger partial charge in [-0.1, -0.05) is 33.1 Å². The third-order valence-corrected chi connectivity index (χ3v) is 1.80. The molecule has 0 aromatic heterocycles. The summed E-state index contributed by atoms with van der Waals surface area (Å²) in [5, 5.41) is 17.2. The summed E-state index contributed by atoms with van der Waals surface area (Å²) in [6.07, 6.45) is 5.04. The summed E-state index contributed by atoms with van der Waals surface area (Å²) in [5.74, 6) is 0. The van der Waals surface area contributed by atoms with Crippen molar-refractivity contribution in [2.75, 3.05) is 0 Å². The summed E-state index contributed by atoms with van der Waals surface area (Å²) in [5.41, 5.74) is 0. The molecule has 1 unspecified atom stereocenters. The molecule has 0 aliphatic rings. The van der Waals surface area contributed by atoms with Crippen molar-refractivity contribution < 1.29 is 14.7 Å². The van der Waals surface area contributed by atoms with Gasteiger partial charge in [-0.25, -0.2) is 0 Å². The van der Waals surface area contributed by atoms with E-state index in [4.69, 9.17) is 14.7 Å². The van der Waals surface area contributed by atoms with Crippen LogP contribution >= 0.6 is 0 Å². The Kier molecular flexibility index (Phi) is 7.55. The Morgan fingerprint density at radius 2 is 1.83 bits per heavy atom. The zero-order chi connectivity index (χ0) is 9.40. The van der Waals surface area contributed by atoms with Gasteiger partial charge < -0.3 is 14.7 Å². The molecular weight excluding hydrogens is 155 g/mol. The SMILES string of the molecule is CCCCC(CCC)OB(O)O. The topological polar surface area (TPSA) is 49.7 Å². The molecule has 0 aromatic carbocycles. The van der Waals surface area contributed by atoms with E-state index < -0.39 is 7.32 Å². The van der Waals surface area contributed by atoms with Crippen molar-refractivity contribution in [3.63, 3.8) is 0 Å². The first-order chi connectivity index (χ1) is 5.70. The molecule has 0 bridgehead atoms. The van der Waals surface area contributed by atoms with Crippen LogP contribution in [0.3, 0.4) is 0 Å². The Bertz CT molecular complexity index is 98.3. The maximum absolute atomic E-state index is 8.58. The quantitative estimate of drug-likeness (QED) is 0.572. The molecule has 0 spiro atoms. The zero-order valence-corrected chi connectivity index (χ0v) is 7.99. The maximum atomic E-state index is 8.58. The van der Waals surface area contributed by atoms with Crippen LogP contribution in [0.1, 0.15) is 46.0 Å². The van der Waals surface area contributed by atoms with Gasteiger partial charge in [-0.05, 0) is 12.8 Å². The molecule has 0 aromatic rings. The molecule has 0 rings (SSSR count). The normalized spacial score (nSPS) is 13.0. The third kappa shape index (κ3) is 6.64. The van der Waals surface area contributed by atoms with Gasteiger partial charge in [0.2, 0.25) is 0 Å². The first-order valence-electron chi connectivity index (χ1n) is 4.72. The molecule has 0 radical (unpaired) electrons. The van der Waals surface area contributed by atoms with Crippen molar-refractivity contribution in [1.29, 1.82) is 0 Å². The van der Waals surface area contributed by atoms with Crippen LogP contribution < -0.4 is 0 Å². The van der Waals surface area contributed by atoms with E-state index in [0.29, 0.717) is 0 Å². The molecule has 0 amide bonds. The summed E-state index contributed by atoms with van der Waals surface area (Å²) in [4.78, 5) is 0. The first-order valence-corrected chi connectivity index (χ1v) is 4.72. The Labute approximate surface area is 74.9 Å². The molecule has 4 heteroatoms. The molecule has 0 saturated heterocycles. The van der Waals surface area contributed by atoms with Gasteiger partial charge in [0.25, 0.3) is 0 Å². The fourth-order valence-corrected chi connectivity index (χ4v) is 1.21. The van der Waals surface area contributed by atoms with Gasteiger partial charge in [0.15, 0.2) is 0 Å². The Balaban J connectivity index is 3.54. The lowest BCUT2D eigenvalue weighted by Crippen LogP contribution is -2.25. The highest BCUT2D eigenvalue weighted by atomic mass is 16.6. The van der Waals surface area contributed by atoms with Gasteiger partial charge in [0.05, 0.1) is 0 Å². The van der Waals surface area contributed by atoms with E-state index in [-0.39, 0.29) is 6.10 Å². The van der Waals surface area contributed by atoms with Gasteiger partial charge in [-0.3, -0.25) is 0 Å². The average molecular weight is 174 g/mol. The van der Waals surface area contributed by atoms with E-state index in [2.05, 4.69) is 13.8 Å². The summed E-state index contributed by atoms with van der Waals surface area (Å²) in [6.45, 7) is 4.17. The molecule has 2 N–H and O–H groups in total. The van der Waals surface area contributed by atoms with Crippen molar-refractivity contribution in [2.24, 2.45) is 0 Å². The molecule has 0 saturated carbocycles. The fourth-order valence-electron chi connectivity index (χ4n) is 1.21. The summed E-state index contributed by atoms with van der Waals surface area (Å²) < 4.78 is 4.90. The molecule has 3 nitrogen and oxygen atoms in total. The highest BCUT2D eigenvalue weighted by Gasteiger charge is 2.16. The van der Waals surface area contributed by atoms with Crippen molar-refractivity contribution in [2.45, 2.75) is 52.1 Å². The van der Waals surface area contributed by atoms with Crippen LogP contribution in [-0.4, -0.2) is 23.5 Å². The van der Waals surface area contributed by atoms with Crippen LogP contribution in [0.4, 0.5) is 0 Å². The second-order valence-electron chi connectivity index (χ2n) is 3.02. The minimum atomic E-state index is -1.61. The summed E-state index contributed by atoms with van der Waals surface area (Å²) >= 11 is 0. The Morgan fingerprint density at radius 1 is 1.17 bits per heavy atom. The van der Waals surface area contributed by atoms with Gasteiger partial charge in [0, 0.05) is 6.10 Å². The second-order valence-corrected chi connectivity index (χ2v) is 3.02. The predicted molar refractivity (Wildman–Crippen MR) is 49.5 cm³/mol. The van der Waals surface area contributed by atoms with Gasteiger partial charge in [-0.2, -0.15) is 0 Å². The molecule has 0 aliphatic carbocycles. The fraction of sp³-hybridized carbons (Fsp3) is 1.00. The Morgan fingerprint density at radius 3 is 2.25 bits per heavy atom. The highest BCUT2D eigenvalue weighted by Crippen LogP contribution is 2.10. The predicted octanol–water partition coefficient (Wildman–Crippen LogP) is 1.33. The van der Waals surface area contributed by atoms with Crippen LogP contribution in [0.15, 0.2) is 0 Å². The molecule has 0 fully saturated rings. The first kappa shape index (κ1) is 11.9. The second kappa shape index (κ2) is 7.59. The molecule has 1 atom stereocenters. The molecule has 0 aliphatic heterocycles. The van der Waals surface area contributed by atoms with Crippen molar-refractivity contribution in [1.82, 2.24) is 0 Å². The molecule has 72 valence electrons.